The number of aryl methyl sites for hydroxylation is 1. The molecule has 1 N–H and O–H groups in total. The maximum absolute atomic E-state index is 14.0. The van der Waals surface area contributed by atoms with Crippen LogP contribution in [0.15, 0.2) is 42.5 Å². The molecule has 0 saturated carbocycles. The largest absolute Gasteiger partial charge is 0.484 e. The molecule has 1 amide bonds. The Balaban J connectivity index is 1.49. The Labute approximate surface area is 190 Å². The van der Waals surface area contributed by atoms with Crippen LogP contribution >= 0.6 is 0 Å². The van der Waals surface area contributed by atoms with E-state index in [4.69, 9.17) is 4.74 Å². The smallest absolute Gasteiger partial charge is 0.262 e. The van der Waals surface area contributed by atoms with Gasteiger partial charge in [0.25, 0.3) is 5.91 Å². The average molecular weight is 475 g/mol. The Hall–Kier alpha value is -3.95. The summed E-state index contributed by atoms with van der Waals surface area (Å²) in [5, 5.41) is 8.64. The maximum atomic E-state index is 14.0. The number of carbonyl (C=O) groups excluding carboxylic acids is 1. The van der Waals surface area contributed by atoms with Gasteiger partial charge in [-0.25, -0.2) is 22.0 Å². The summed E-state index contributed by atoms with van der Waals surface area (Å²) in [5.41, 5.74) is -0.226. The van der Waals surface area contributed by atoms with Crippen molar-refractivity contribution in [1.29, 1.82) is 0 Å². The SMILES string of the molecule is Cc1nn(Cc2c(F)c(F)c(F)c(F)c2F)c(C)c1NC(=O)COc1ccc2ccccc2c1. The zero-order valence-corrected chi connectivity index (χ0v) is 18.1. The van der Waals surface area contributed by atoms with Crippen LogP contribution in [-0.2, 0) is 11.3 Å². The molecule has 176 valence electrons. The molecule has 3 aromatic carbocycles. The van der Waals surface area contributed by atoms with Crippen LogP contribution in [0.25, 0.3) is 10.8 Å². The van der Waals surface area contributed by atoms with E-state index in [9.17, 15) is 26.7 Å². The summed E-state index contributed by atoms with van der Waals surface area (Å²) in [6.45, 7) is 1.98. The maximum Gasteiger partial charge on any atom is 0.262 e. The Morgan fingerprint density at radius 3 is 2.21 bits per heavy atom. The van der Waals surface area contributed by atoms with Crippen molar-refractivity contribution in [3.63, 3.8) is 0 Å². The van der Waals surface area contributed by atoms with Crippen molar-refractivity contribution in [3.05, 3.63) is 88.5 Å². The molecular weight excluding hydrogens is 457 g/mol. The number of anilines is 1. The van der Waals surface area contributed by atoms with Gasteiger partial charge in [0.2, 0.25) is 5.82 Å². The summed E-state index contributed by atoms with van der Waals surface area (Å²) >= 11 is 0. The number of hydrogen-bond donors (Lipinski definition) is 1. The molecule has 1 aromatic heterocycles. The molecule has 0 fully saturated rings. The van der Waals surface area contributed by atoms with Crippen molar-refractivity contribution in [2.75, 3.05) is 11.9 Å². The Bertz CT molecular complexity index is 1390. The van der Waals surface area contributed by atoms with Crippen molar-refractivity contribution < 1.29 is 31.5 Å². The molecule has 5 nitrogen and oxygen atoms in total. The second-order valence-corrected chi connectivity index (χ2v) is 7.60. The lowest BCUT2D eigenvalue weighted by atomic mass is 10.1. The summed E-state index contributed by atoms with van der Waals surface area (Å²) in [4.78, 5) is 12.4. The van der Waals surface area contributed by atoms with E-state index < -0.39 is 47.1 Å². The van der Waals surface area contributed by atoms with Gasteiger partial charge in [-0.2, -0.15) is 5.10 Å². The van der Waals surface area contributed by atoms with E-state index in [2.05, 4.69) is 10.4 Å². The Kier molecular flexibility index (Phi) is 6.23. The molecule has 0 atom stereocenters. The number of halogens is 5. The van der Waals surface area contributed by atoms with Crippen LogP contribution in [0.5, 0.6) is 5.75 Å². The van der Waals surface area contributed by atoms with E-state index in [0.29, 0.717) is 11.4 Å². The summed E-state index contributed by atoms with van der Waals surface area (Å²) in [6, 6.07) is 13.0. The number of rotatable bonds is 6. The van der Waals surface area contributed by atoms with E-state index in [1.807, 2.05) is 30.3 Å². The van der Waals surface area contributed by atoms with Gasteiger partial charge >= 0.3 is 0 Å². The van der Waals surface area contributed by atoms with E-state index in [1.165, 1.54) is 13.8 Å². The van der Waals surface area contributed by atoms with Crippen LogP contribution < -0.4 is 10.1 Å². The fourth-order valence-corrected chi connectivity index (χ4v) is 3.55. The van der Waals surface area contributed by atoms with Crippen LogP contribution in [-0.4, -0.2) is 22.3 Å². The number of fused-ring (bicyclic) bond motifs is 1. The molecule has 0 saturated heterocycles. The molecule has 10 heteroatoms. The van der Waals surface area contributed by atoms with E-state index in [0.717, 1.165) is 15.5 Å². The molecule has 0 unspecified atom stereocenters. The van der Waals surface area contributed by atoms with Gasteiger partial charge in [0, 0.05) is 0 Å². The minimum absolute atomic E-state index is 0.246. The second kappa shape index (κ2) is 9.12. The monoisotopic (exact) mass is 475 g/mol. The number of amides is 1. The molecule has 0 aliphatic heterocycles. The zero-order chi connectivity index (χ0) is 24.6. The third-order valence-corrected chi connectivity index (χ3v) is 5.35. The molecule has 1 heterocycles. The molecule has 0 aliphatic carbocycles. The second-order valence-electron chi connectivity index (χ2n) is 7.60. The molecule has 0 bridgehead atoms. The van der Waals surface area contributed by atoms with Gasteiger partial charge in [-0.1, -0.05) is 30.3 Å². The fourth-order valence-electron chi connectivity index (χ4n) is 3.55. The summed E-state index contributed by atoms with van der Waals surface area (Å²) < 4.78 is 75.0. The summed E-state index contributed by atoms with van der Waals surface area (Å²) in [7, 11) is 0. The van der Waals surface area contributed by atoms with Crippen molar-refractivity contribution in [2.24, 2.45) is 0 Å². The van der Waals surface area contributed by atoms with Crippen LogP contribution in [0.1, 0.15) is 17.0 Å². The molecule has 4 rings (SSSR count). The van der Waals surface area contributed by atoms with Gasteiger partial charge in [-0.3, -0.25) is 9.48 Å². The first-order valence-electron chi connectivity index (χ1n) is 10.1. The normalized spacial score (nSPS) is 11.1. The quantitative estimate of drug-likeness (QED) is 0.230. The van der Waals surface area contributed by atoms with Gasteiger partial charge in [0.05, 0.1) is 29.2 Å². The first kappa shape index (κ1) is 23.2. The third kappa shape index (κ3) is 4.30. The number of nitrogens with one attached hydrogen (secondary N) is 1. The van der Waals surface area contributed by atoms with Gasteiger partial charge < -0.3 is 10.1 Å². The molecular formula is C24H18F5N3O2. The van der Waals surface area contributed by atoms with Crippen molar-refractivity contribution >= 4 is 22.4 Å². The topological polar surface area (TPSA) is 56.2 Å². The van der Waals surface area contributed by atoms with E-state index in [1.54, 1.807) is 12.1 Å². The third-order valence-electron chi connectivity index (χ3n) is 5.35. The van der Waals surface area contributed by atoms with Crippen LogP contribution in [0.4, 0.5) is 27.6 Å². The number of ether oxygens (including phenoxy) is 1. The highest BCUT2D eigenvalue weighted by Gasteiger charge is 2.27. The molecule has 34 heavy (non-hydrogen) atoms. The first-order valence-corrected chi connectivity index (χ1v) is 10.1. The summed E-state index contributed by atoms with van der Waals surface area (Å²) in [6.07, 6.45) is 0. The fraction of sp³-hybridized carbons (Fsp3) is 0.167. The van der Waals surface area contributed by atoms with Gasteiger partial charge in [-0.15, -0.1) is 0 Å². The minimum atomic E-state index is -2.23. The van der Waals surface area contributed by atoms with Gasteiger partial charge in [-0.05, 0) is 36.8 Å². The summed E-state index contributed by atoms with van der Waals surface area (Å²) in [5.74, 6) is -10.2. The predicted molar refractivity (Wildman–Crippen MR) is 115 cm³/mol. The van der Waals surface area contributed by atoms with Crippen molar-refractivity contribution in [1.82, 2.24) is 9.78 Å². The lowest BCUT2D eigenvalue weighted by Crippen LogP contribution is -2.21. The minimum Gasteiger partial charge on any atom is -0.484 e. The molecule has 0 spiro atoms. The standard InChI is InChI=1S/C24H18F5N3O2/c1-12-24(30-18(33)11-34-16-8-7-14-5-3-4-6-15(14)9-16)13(2)32(31-12)10-17-19(25)21(27)23(29)22(28)20(17)26/h3-9H,10-11H2,1-2H3,(H,30,33). The van der Waals surface area contributed by atoms with E-state index in [-0.39, 0.29) is 18.0 Å². The first-order chi connectivity index (χ1) is 16.2. The number of benzene rings is 3. The molecule has 0 aliphatic rings. The van der Waals surface area contributed by atoms with Crippen LogP contribution in [0, 0.1) is 42.9 Å². The number of aromatic nitrogens is 2. The highest BCUT2D eigenvalue weighted by molar-refractivity contribution is 5.93. The van der Waals surface area contributed by atoms with Crippen LogP contribution in [0.3, 0.4) is 0 Å². The average Bonchev–Trinajstić information content (AvgIpc) is 3.10. The van der Waals surface area contributed by atoms with Crippen LogP contribution in [0.2, 0.25) is 0 Å². The van der Waals surface area contributed by atoms with Crippen molar-refractivity contribution in [3.8, 4) is 5.75 Å². The number of nitrogens with zero attached hydrogens (tertiary/aromatic N) is 2. The zero-order valence-electron chi connectivity index (χ0n) is 18.1. The lowest BCUT2D eigenvalue weighted by Gasteiger charge is -2.11. The number of carbonyl (C=O) groups is 1. The highest BCUT2D eigenvalue weighted by Crippen LogP contribution is 2.26. The molecule has 0 radical (unpaired) electrons. The molecule has 4 aromatic rings. The predicted octanol–water partition coefficient (Wildman–Crippen LogP) is 5.41. The Morgan fingerprint density at radius 2 is 1.53 bits per heavy atom. The lowest BCUT2D eigenvalue weighted by molar-refractivity contribution is -0.118. The van der Waals surface area contributed by atoms with Gasteiger partial charge in [0.15, 0.2) is 29.9 Å². The Morgan fingerprint density at radius 1 is 0.912 bits per heavy atom. The van der Waals surface area contributed by atoms with Gasteiger partial charge in [0.1, 0.15) is 5.75 Å². The number of hydrogen-bond acceptors (Lipinski definition) is 3. The van der Waals surface area contributed by atoms with Crippen molar-refractivity contribution in [2.45, 2.75) is 20.4 Å². The van der Waals surface area contributed by atoms with E-state index >= 15 is 0 Å². The highest BCUT2D eigenvalue weighted by atomic mass is 19.2.